The fourth-order valence-electron chi connectivity index (χ4n) is 5.59. The predicted octanol–water partition coefficient (Wildman–Crippen LogP) is 8.46. The van der Waals surface area contributed by atoms with E-state index < -0.39 is 60.7 Å². The molecule has 4 amide bonds. The average molecular weight is 871 g/mol. The molecule has 0 aromatic heterocycles. The fraction of sp³-hybridized carbons (Fsp3) is 0.348. The summed E-state index contributed by atoms with van der Waals surface area (Å²) in [5.74, 6) is -1.24. The van der Waals surface area contributed by atoms with Crippen LogP contribution in [0, 0.1) is 0 Å². The van der Waals surface area contributed by atoms with Gasteiger partial charge in [-0.3, -0.25) is 21.3 Å². The molecule has 0 heterocycles. The van der Waals surface area contributed by atoms with Gasteiger partial charge in [0.1, 0.15) is 12.7 Å². The maximum Gasteiger partial charge on any atom is 0.412 e. The van der Waals surface area contributed by atoms with E-state index in [4.69, 9.17) is 33.2 Å². The van der Waals surface area contributed by atoms with Crippen molar-refractivity contribution >= 4 is 59.1 Å². The standard InChI is InChI=1S/C46H54N4O13/c1-7-57-41(51)31(5)62-45(55)49-39-21-13-35(14-22-39)25-33-9-17-37(18-10-33)47-43(53)60-27-29(3)59-28-30(4)61-44(54)48-38-19-11-34(12-20-38)26-36-15-23-40(24-16-36)50-46(56)63-32(6)42(52)58-8-2/h9-24,29-32H,7-8,25-28H2,1-6H3,(H,47,53)(H,48,54)(H,49,55)(H,50,56). The van der Waals surface area contributed by atoms with E-state index in [0.717, 1.165) is 22.3 Å². The molecule has 4 aromatic rings. The van der Waals surface area contributed by atoms with Gasteiger partial charge in [-0.15, -0.1) is 0 Å². The lowest BCUT2D eigenvalue weighted by Crippen LogP contribution is -2.28. The monoisotopic (exact) mass is 870 g/mol. The topological polar surface area (TPSA) is 215 Å². The zero-order chi connectivity index (χ0) is 45.7. The van der Waals surface area contributed by atoms with Crippen LogP contribution in [0.2, 0.25) is 0 Å². The first kappa shape index (κ1) is 48.5. The van der Waals surface area contributed by atoms with Gasteiger partial charge in [-0.05, 0) is 125 Å². The van der Waals surface area contributed by atoms with Crippen molar-refractivity contribution in [2.75, 3.05) is 47.7 Å². The number of rotatable bonds is 20. The van der Waals surface area contributed by atoms with Crippen LogP contribution < -0.4 is 21.3 Å². The zero-order valence-corrected chi connectivity index (χ0v) is 36.1. The molecule has 4 unspecified atom stereocenters. The molecule has 0 aliphatic carbocycles. The van der Waals surface area contributed by atoms with Crippen LogP contribution in [-0.4, -0.2) is 87.2 Å². The van der Waals surface area contributed by atoms with Crippen molar-refractivity contribution < 1.29 is 61.9 Å². The van der Waals surface area contributed by atoms with Gasteiger partial charge in [-0.1, -0.05) is 48.5 Å². The number of nitrogens with one attached hydrogen (secondary N) is 4. The minimum atomic E-state index is -1.03. The Morgan fingerprint density at radius 1 is 0.413 bits per heavy atom. The second-order valence-corrected chi connectivity index (χ2v) is 14.2. The molecule has 4 atom stereocenters. The highest BCUT2D eigenvalue weighted by Crippen LogP contribution is 2.19. The van der Waals surface area contributed by atoms with Gasteiger partial charge >= 0.3 is 36.3 Å². The molecule has 17 heteroatoms. The van der Waals surface area contributed by atoms with Gasteiger partial charge in [0.05, 0.1) is 25.9 Å². The van der Waals surface area contributed by atoms with Gasteiger partial charge in [-0.2, -0.15) is 0 Å². The second kappa shape index (κ2) is 25.0. The van der Waals surface area contributed by atoms with Gasteiger partial charge in [0.25, 0.3) is 0 Å². The first-order valence-corrected chi connectivity index (χ1v) is 20.4. The Morgan fingerprint density at radius 3 is 1.06 bits per heavy atom. The summed E-state index contributed by atoms with van der Waals surface area (Å²) in [5.41, 5.74) is 6.03. The van der Waals surface area contributed by atoms with Gasteiger partial charge in [0.15, 0.2) is 12.2 Å². The number of amides is 4. The molecule has 4 rings (SSSR count). The molecular formula is C46H54N4O13. The van der Waals surface area contributed by atoms with Crippen LogP contribution in [0.1, 0.15) is 63.8 Å². The van der Waals surface area contributed by atoms with E-state index in [0.29, 0.717) is 35.6 Å². The SMILES string of the molecule is CCOC(=O)C(C)OC(=O)Nc1ccc(Cc2ccc(NC(=O)OCC(C)OCC(C)OC(=O)Nc3ccc(Cc4ccc(NC(=O)OC(C)C(=O)OCC)cc4)cc3)cc2)cc1. The lowest BCUT2D eigenvalue weighted by Gasteiger charge is -2.18. The number of carbonyl (C=O) groups excluding carboxylic acids is 6. The third-order valence-electron chi connectivity index (χ3n) is 8.80. The van der Waals surface area contributed by atoms with E-state index in [9.17, 15) is 28.8 Å². The number of carbonyl (C=O) groups is 6. The summed E-state index contributed by atoms with van der Waals surface area (Å²) >= 11 is 0. The largest absolute Gasteiger partial charge is 0.463 e. The smallest absolute Gasteiger partial charge is 0.412 e. The van der Waals surface area contributed by atoms with Crippen molar-refractivity contribution in [1.82, 2.24) is 0 Å². The lowest BCUT2D eigenvalue weighted by molar-refractivity contribution is -0.152. The normalized spacial score (nSPS) is 12.5. The highest BCUT2D eigenvalue weighted by molar-refractivity contribution is 5.88. The van der Waals surface area contributed by atoms with E-state index in [1.165, 1.54) is 13.8 Å². The van der Waals surface area contributed by atoms with Crippen molar-refractivity contribution in [1.29, 1.82) is 0 Å². The molecule has 0 fully saturated rings. The number of benzene rings is 4. The van der Waals surface area contributed by atoms with E-state index in [2.05, 4.69) is 21.3 Å². The minimum absolute atomic E-state index is 0.0320. The van der Waals surface area contributed by atoms with Crippen LogP contribution >= 0.6 is 0 Å². The number of anilines is 4. The maximum atomic E-state index is 12.5. The molecular weight excluding hydrogens is 817 g/mol. The van der Waals surface area contributed by atoms with Crippen molar-refractivity contribution in [2.45, 2.75) is 78.8 Å². The molecule has 4 N–H and O–H groups in total. The fourth-order valence-corrected chi connectivity index (χ4v) is 5.59. The summed E-state index contributed by atoms with van der Waals surface area (Å²) < 4.78 is 36.2. The van der Waals surface area contributed by atoms with E-state index in [-0.39, 0.29) is 26.4 Å². The lowest BCUT2D eigenvalue weighted by atomic mass is 10.0. The van der Waals surface area contributed by atoms with Gasteiger partial charge < -0.3 is 33.2 Å². The molecule has 4 aromatic carbocycles. The van der Waals surface area contributed by atoms with Crippen LogP contribution in [0.15, 0.2) is 97.1 Å². The molecule has 63 heavy (non-hydrogen) atoms. The quantitative estimate of drug-likeness (QED) is 0.0485. The van der Waals surface area contributed by atoms with E-state index in [1.807, 2.05) is 48.5 Å². The maximum absolute atomic E-state index is 12.5. The van der Waals surface area contributed by atoms with Crippen molar-refractivity contribution in [3.05, 3.63) is 119 Å². The molecule has 17 nitrogen and oxygen atoms in total. The molecule has 0 spiro atoms. The van der Waals surface area contributed by atoms with Gasteiger partial charge in [0, 0.05) is 22.7 Å². The first-order chi connectivity index (χ1) is 30.2. The summed E-state index contributed by atoms with van der Waals surface area (Å²) in [4.78, 5) is 72.5. The Morgan fingerprint density at radius 2 is 0.730 bits per heavy atom. The Hall–Kier alpha value is -7.14. The van der Waals surface area contributed by atoms with Crippen LogP contribution in [0.5, 0.6) is 0 Å². The summed E-state index contributed by atoms with van der Waals surface area (Å²) in [6, 6.07) is 28.9. The number of esters is 2. The number of ether oxygens (including phenoxy) is 7. The summed E-state index contributed by atoms with van der Waals surface area (Å²) in [5, 5.41) is 10.5. The van der Waals surface area contributed by atoms with Crippen molar-refractivity contribution in [3.8, 4) is 0 Å². The summed E-state index contributed by atoms with van der Waals surface area (Å²) in [6.07, 6.45) is -4.76. The predicted molar refractivity (Wildman–Crippen MR) is 234 cm³/mol. The number of hydrogen-bond donors (Lipinski definition) is 4. The molecule has 0 radical (unpaired) electrons. The number of hydrogen-bond acceptors (Lipinski definition) is 13. The minimum Gasteiger partial charge on any atom is -0.463 e. The molecule has 0 saturated carbocycles. The molecule has 336 valence electrons. The Bertz CT molecular complexity index is 2110. The molecule has 0 aliphatic rings. The summed E-state index contributed by atoms with van der Waals surface area (Å²) in [6.45, 7) is 10.0. The third kappa shape index (κ3) is 17.8. The second-order valence-electron chi connectivity index (χ2n) is 14.2. The third-order valence-corrected chi connectivity index (χ3v) is 8.80. The highest BCUT2D eigenvalue weighted by Gasteiger charge is 2.20. The van der Waals surface area contributed by atoms with E-state index >= 15 is 0 Å². The zero-order valence-electron chi connectivity index (χ0n) is 36.1. The first-order valence-electron chi connectivity index (χ1n) is 20.4. The van der Waals surface area contributed by atoms with Crippen LogP contribution in [-0.2, 0) is 55.6 Å². The van der Waals surface area contributed by atoms with Crippen molar-refractivity contribution in [3.63, 3.8) is 0 Å². The Balaban J connectivity index is 1.09. The molecule has 0 bridgehead atoms. The highest BCUT2D eigenvalue weighted by atomic mass is 16.6. The van der Waals surface area contributed by atoms with Crippen LogP contribution in [0.25, 0.3) is 0 Å². The molecule has 0 aliphatic heterocycles. The van der Waals surface area contributed by atoms with Crippen LogP contribution in [0.3, 0.4) is 0 Å². The van der Waals surface area contributed by atoms with Crippen molar-refractivity contribution in [2.24, 2.45) is 0 Å². The molecule has 0 saturated heterocycles. The average Bonchev–Trinajstić information content (AvgIpc) is 3.25. The van der Waals surface area contributed by atoms with E-state index in [1.54, 1.807) is 76.2 Å². The Labute approximate surface area is 366 Å². The van der Waals surface area contributed by atoms with Gasteiger partial charge in [-0.25, -0.2) is 28.8 Å². The summed E-state index contributed by atoms with van der Waals surface area (Å²) in [7, 11) is 0. The van der Waals surface area contributed by atoms with Crippen LogP contribution in [0.4, 0.5) is 41.9 Å². The van der Waals surface area contributed by atoms with Gasteiger partial charge in [0.2, 0.25) is 0 Å². The Kier molecular flexibility index (Phi) is 19.2.